The second kappa shape index (κ2) is 7.87. The van der Waals surface area contributed by atoms with Crippen molar-refractivity contribution in [3.05, 3.63) is 23.8 Å². The molecule has 0 saturated heterocycles. The Kier molecular flexibility index (Phi) is 5.79. The van der Waals surface area contributed by atoms with E-state index in [2.05, 4.69) is 4.72 Å². The monoisotopic (exact) mass is 364 g/mol. The molecule has 138 valence electrons. The van der Waals surface area contributed by atoms with Gasteiger partial charge in [-0.1, -0.05) is 25.7 Å². The predicted octanol–water partition coefficient (Wildman–Crippen LogP) is 3.23. The molecule has 1 saturated carbocycles. The minimum absolute atomic E-state index is 0.00148. The zero-order valence-corrected chi connectivity index (χ0v) is 15.8. The number of fused-ring (bicyclic) bond motifs is 1. The van der Waals surface area contributed by atoms with Gasteiger partial charge < -0.3 is 4.90 Å². The van der Waals surface area contributed by atoms with Crippen LogP contribution >= 0.6 is 0 Å². The molecule has 5 nitrogen and oxygen atoms in total. The summed E-state index contributed by atoms with van der Waals surface area (Å²) >= 11 is 0. The molecule has 0 radical (unpaired) electrons. The molecular formula is C19H28N2O3S. The number of nitrogens with zero attached hydrogens (tertiary/aromatic N) is 1. The molecule has 0 atom stereocenters. The lowest BCUT2D eigenvalue weighted by Crippen LogP contribution is -2.33. The summed E-state index contributed by atoms with van der Waals surface area (Å²) in [6.07, 6.45) is 8.92. The molecule has 1 aromatic rings. The van der Waals surface area contributed by atoms with Gasteiger partial charge in [0.2, 0.25) is 15.9 Å². The standard InChI is InChI=1S/C19H28N2O3S/c1-15(22)21-13-5-9-17-14-18(10-11-19(17)21)25(23,24)20-12-4-8-16-6-2-3-7-16/h10-11,14,16,20H,2-9,12-13H2,1H3. The second-order valence-corrected chi connectivity index (χ2v) is 9.02. The van der Waals surface area contributed by atoms with E-state index in [-0.39, 0.29) is 5.91 Å². The van der Waals surface area contributed by atoms with E-state index >= 15 is 0 Å². The Balaban J connectivity index is 1.63. The van der Waals surface area contributed by atoms with Crippen LogP contribution < -0.4 is 9.62 Å². The molecule has 2 aliphatic rings. The number of aryl methyl sites for hydroxylation is 1. The molecule has 1 aliphatic carbocycles. The Labute approximate surface area is 150 Å². The van der Waals surface area contributed by atoms with Gasteiger partial charge in [0.1, 0.15) is 0 Å². The van der Waals surface area contributed by atoms with Crippen molar-refractivity contribution in [2.75, 3.05) is 18.0 Å². The van der Waals surface area contributed by atoms with Crippen LogP contribution in [0.3, 0.4) is 0 Å². The highest BCUT2D eigenvalue weighted by molar-refractivity contribution is 7.89. The average Bonchev–Trinajstić information content (AvgIpc) is 3.11. The fourth-order valence-electron chi connectivity index (χ4n) is 4.05. The minimum Gasteiger partial charge on any atom is -0.312 e. The van der Waals surface area contributed by atoms with E-state index in [9.17, 15) is 13.2 Å². The predicted molar refractivity (Wildman–Crippen MR) is 99.2 cm³/mol. The number of benzene rings is 1. The van der Waals surface area contributed by atoms with Crippen molar-refractivity contribution in [3.8, 4) is 0 Å². The summed E-state index contributed by atoms with van der Waals surface area (Å²) in [5.74, 6) is 0.785. The molecule has 6 heteroatoms. The van der Waals surface area contributed by atoms with Gasteiger partial charge in [0, 0.05) is 25.7 Å². The SMILES string of the molecule is CC(=O)N1CCCc2cc(S(=O)(=O)NCCCC3CCCC3)ccc21. The van der Waals surface area contributed by atoms with Crippen LogP contribution in [0.25, 0.3) is 0 Å². The van der Waals surface area contributed by atoms with Crippen molar-refractivity contribution < 1.29 is 13.2 Å². The smallest absolute Gasteiger partial charge is 0.240 e. The van der Waals surface area contributed by atoms with Crippen LogP contribution in [0.1, 0.15) is 57.4 Å². The summed E-state index contributed by atoms with van der Waals surface area (Å²) in [5, 5.41) is 0. The number of amides is 1. The highest BCUT2D eigenvalue weighted by Gasteiger charge is 2.23. The first-order valence-corrected chi connectivity index (χ1v) is 10.9. The van der Waals surface area contributed by atoms with E-state index in [0.717, 1.165) is 42.9 Å². The second-order valence-electron chi connectivity index (χ2n) is 7.26. The summed E-state index contributed by atoms with van der Waals surface area (Å²) < 4.78 is 27.8. The molecule has 0 unspecified atom stereocenters. The third kappa shape index (κ3) is 4.42. The summed E-state index contributed by atoms with van der Waals surface area (Å²) in [6, 6.07) is 5.10. The summed E-state index contributed by atoms with van der Waals surface area (Å²) in [4.78, 5) is 13.8. The number of rotatable bonds is 6. The van der Waals surface area contributed by atoms with E-state index in [4.69, 9.17) is 0 Å². The number of nitrogens with one attached hydrogen (secondary N) is 1. The Hall–Kier alpha value is -1.40. The van der Waals surface area contributed by atoms with Gasteiger partial charge in [-0.15, -0.1) is 0 Å². The van der Waals surface area contributed by atoms with Crippen molar-refractivity contribution in [1.29, 1.82) is 0 Å². The maximum atomic E-state index is 12.5. The van der Waals surface area contributed by atoms with Gasteiger partial charge in [0.25, 0.3) is 0 Å². The average molecular weight is 365 g/mol. The van der Waals surface area contributed by atoms with Crippen LogP contribution in [0.2, 0.25) is 0 Å². The lowest BCUT2D eigenvalue weighted by molar-refractivity contribution is -0.116. The van der Waals surface area contributed by atoms with Gasteiger partial charge in [-0.2, -0.15) is 0 Å². The highest BCUT2D eigenvalue weighted by atomic mass is 32.2. The Morgan fingerprint density at radius 2 is 2.00 bits per heavy atom. The minimum atomic E-state index is -3.48. The molecule has 1 amide bonds. The summed E-state index contributed by atoms with van der Waals surface area (Å²) in [7, 11) is -3.48. The fraction of sp³-hybridized carbons (Fsp3) is 0.632. The van der Waals surface area contributed by atoms with Gasteiger partial charge >= 0.3 is 0 Å². The van der Waals surface area contributed by atoms with Gasteiger partial charge in [-0.25, -0.2) is 13.1 Å². The van der Waals surface area contributed by atoms with Crippen LogP contribution in [0.4, 0.5) is 5.69 Å². The van der Waals surface area contributed by atoms with Crippen molar-refractivity contribution in [1.82, 2.24) is 4.72 Å². The third-order valence-corrected chi connectivity index (χ3v) is 6.87. The van der Waals surface area contributed by atoms with E-state index in [1.807, 2.05) is 0 Å². The summed E-state index contributed by atoms with van der Waals surface area (Å²) in [6.45, 7) is 2.75. The van der Waals surface area contributed by atoms with Crippen molar-refractivity contribution in [2.45, 2.75) is 63.2 Å². The van der Waals surface area contributed by atoms with Crippen molar-refractivity contribution in [2.24, 2.45) is 5.92 Å². The number of carbonyl (C=O) groups excluding carboxylic acids is 1. The maximum Gasteiger partial charge on any atom is 0.240 e. The topological polar surface area (TPSA) is 66.5 Å². The van der Waals surface area contributed by atoms with Crippen LogP contribution in [0.15, 0.2) is 23.1 Å². The summed E-state index contributed by atoms with van der Waals surface area (Å²) in [5.41, 5.74) is 1.79. The zero-order valence-electron chi connectivity index (χ0n) is 15.0. The molecule has 0 bridgehead atoms. The third-order valence-electron chi connectivity index (χ3n) is 5.42. The first-order chi connectivity index (χ1) is 12.0. The number of hydrogen-bond donors (Lipinski definition) is 1. The van der Waals surface area contributed by atoms with Gasteiger partial charge in [0.05, 0.1) is 4.90 Å². The maximum absolute atomic E-state index is 12.5. The molecule has 1 fully saturated rings. The number of hydrogen-bond acceptors (Lipinski definition) is 3. The van der Waals surface area contributed by atoms with Crippen LogP contribution in [0, 0.1) is 5.92 Å². The Morgan fingerprint density at radius 1 is 1.24 bits per heavy atom. The quantitative estimate of drug-likeness (QED) is 0.788. The molecule has 1 aliphatic heterocycles. The van der Waals surface area contributed by atoms with E-state index in [1.54, 1.807) is 30.0 Å². The van der Waals surface area contributed by atoms with Gasteiger partial charge in [-0.3, -0.25) is 4.79 Å². The van der Waals surface area contributed by atoms with Crippen LogP contribution in [-0.4, -0.2) is 27.4 Å². The molecule has 0 spiro atoms. The number of sulfonamides is 1. The molecule has 3 rings (SSSR count). The molecule has 1 heterocycles. The van der Waals surface area contributed by atoms with E-state index < -0.39 is 10.0 Å². The van der Waals surface area contributed by atoms with Crippen molar-refractivity contribution >= 4 is 21.6 Å². The van der Waals surface area contributed by atoms with Crippen LogP contribution in [-0.2, 0) is 21.2 Å². The molecule has 1 N–H and O–H groups in total. The number of anilines is 1. The zero-order chi connectivity index (χ0) is 17.9. The first kappa shape index (κ1) is 18.4. The van der Waals surface area contributed by atoms with E-state index in [0.29, 0.717) is 18.0 Å². The van der Waals surface area contributed by atoms with E-state index in [1.165, 1.54) is 25.7 Å². The molecule has 0 aromatic heterocycles. The highest BCUT2D eigenvalue weighted by Crippen LogP contribution is 2.30. The Bertz CT molecular complexity index is 724. The fourth-order valence-corrected chi connectivity index (χ4v) is 5.17. The van der Waals surface area contributed by atoms with Crippen molar-refractivity contribution in [3.63, 3.8) is 0 Å². The molecular weight excluding hydrogens is 336 g/mol. The molecule has 1 aromatic carbocycles. The normalized spacial score (nSPS) is 18.4. The number of carbonyl (C=O) groups is 1. The van der Waals surface area contributed by atoms with Gasteiger partial charge in [0.15, 0.2) is 0 Å². The van der Waals surface area contributed by atoms with Crippen LogP contribution in [0.5, 0.6) is 0 Å². The Morgan fingerprint density at radius 3 is 2.72 bits per heavy atom. The molecule has 25 heavy (non-hydrogen) atoms. The lowest BCUT2D eigenvalue weighted by atomic mass is 10.0. The first-order valence-electron chi connectivity index (χ1n) is 9.38. The van der Waals surface area contributed by atoms with Gasteiger partial charge in [-0.05, 0) is 55.4 Å². The lowest BCUT2D eigenvalue weighted by Gasteiger charge is -2.28. The largest absolute Gasteiger partial charge is 0.312 e.